The summed E-state index contributed by atoms with van der Waals surface area (Å²) in [4.78, 5) is 4.76. The molecule has 128 valence electrons. The van der Waals surface area contributed by atoms with Crippen LogP contribution in [0, 0.1) is 5.82 Å². The van der Waals surface area contributed by atoms with E-state index in [-0.39, 0.29) is 5.82 Å². The van der Waals surface area contributed by atoms with Gasteiger partial charge in [0.05, 0.1) is 13.2 Å². The number of halogens is 1. The predicted molar refractivity (Wildman–Crippen MR) is 91.5 cm³/mol. The monoisotopic (exact) mass is 321 g/mol. The van der Waals surface area contributed by atoms with Crippen molar-refractivity contribution in [3.05, 3.63) is 30.1 Å². The minimum absolute atomic E-state index is 0.151. The number of nitrogens with zero attached hydrogens (tertiary/aromatic N) is 2. The Morgan fingerprint density at radius 1 is 1.22 bits per heavy atom. The average molecular weight is 321 g/mol. The van der Waals surface area contributed by atoms with Gasteiger partial charge in [-0.3, -0.25) is 4.90 Å². The largest absolute Gasteiger partial charge is 0.379 e. The van der Waals surface area contributed by atoms with E-state index in [0.717, 1.165) is 64.5 Å². The van der Waals surface area contributed by atoms with Crippen molar-refractivity contribution < 1.29 is 9.13 Å². The second-order valence-corrected chi connectivity index (χ2v) is 6.72. The van der Waals surface area contributed by atoms with Crippen LogP contribution >= 0.6 is 0 Å². The molecule has 4 nitrogen and oxygen atoms in total. The van der Waals surface area contributed by atoms with Crippen LogP contribution in [0.15, 0.2) is 24.3 Å². The second-order valence-electron chi connectivity index (χ2n) is 6.72. The van der Waals surface area contributed by atoms with Crippen molar-refractivity contribution in [2.75, 3.05) is 50.8 Å². The molecule has 2 heterocycles. The van der Waals surface area contributed by atoms with Crippen molar-refractivity contribution in [1.82, 2.24) is 10.2 Å². The minimum Gasteiger partial charge on any atom is -0.379 e. The van der Waals surface area contributed by atoms with Crippen molar-refractivity contribution in [3.63, 3.8) is 0 Å². The first-order valence-electron chi connectivity index (χ1n) is 8.77. The van der Waals surface area contributed by atoms with Crippen LogP contribution < -0.4 is 10.2 Å². The highest BCUT2D eigenvalue weighted by molar-refractivity contribution is 5.46. The molecule has 2 aliphatic rings. The van der Waals surface area contributed by atoms with Gasteiger partial charge in [0.15, 0.2) is 0 Å². The third kappa shape index (κ3) is 4.90. The highest BCUT2D eigenvalue weighted by Gasteiger charge is 2.22. The van der Waals surface area contributed by atoms with Gasteiger partial charge in [-0.05, 0) is 38.0 Å². The molecule has 0 radical (unpaired) electrons. The van der Waals surface area contributed by atoms with E-state index in [1.165, 1.54) is 6.07 Å². The quantitative estimate of drug-likeness (QED) is 0.899. The summed E-state index contributed by atoms with van der Waals surface area (Å²) < 4.78 is 18.7. The zero-order valence-electron chi connectivity index (χ0n) is 14.0. The zero-order chi connectivity index (χ0) is 16.1. The first kappa shape index (κ1) is 16.7. The smallest absolute Gasteiger partial charge is 0.125 e. The summed E-state index contributed by atoms with van der Waals surface area (Å²) in [5, 5.41) is 3.77. The van der Waals surface area contributed by atoms with E-state index in [4.69, 9.17) is 4.74 Å². The van der Waals surface area contributed by atoms with Gasteiger partial charge in [0.1, 0.15) is 5.82 Å². The number of anilines is 1. The summed E-state index contributed by atoms with van der Waals surface area (Å²) in [5.74, 6) is -0.151. The molecule has 0 spiro atoms. The molecule has 3 rings (SSSR count). The molecule has 2 saturated heterocycles. The van der Waals surface area contributed by atoms with Crippen LogP contribution in [0.5, 0.6) is 0 Å². The molecule has 1 aromatic rings. The van der Waals surface area contributed by atoms with Crippen molar-refractivity contribution in [3.8, 4) is 0 Å². The fraction of sp³-hybridized carbons (Fsp3) is 0.667. The van der Waals surface area contributed by atoms with Gasteiger partial charge < -0.3 is 15.0 Å². The summed E-state index contributed by atoms with van der Waals surface area (Å²) in [6.45, 7) is 9.16. The number of morpholine rings is 1. The normalized spacial score (nSPS) is 22.3. The third-order valence-electron chi connectivity index (χ3n) is 4.82. The Labute approximate surface area is 138 Å². The summed E-state index contributed by atoms with van der Waals surface area (Å²) in [5.41, 5.74) is 1.00. The van der Waals surface area contributed by atoms with Gasteiger partial charge in [0.2, 0.25) is 0 Å². The molecule has 0 aliphatic carbocycles. The van der Waals surface area contributed by atoms with Crippen molar-refractivity contribution in [2.45, 2.75) is 31.8 Å². The van der Waals surface area contributed by atoms with Gasteiger partial charge in [-0.25, -0.2) is 4.39 Å². The zero-order valence-corrected chi connectivity index (χ0v) is 14.0. The highest BCUT2D eigenvalue weighted by Crippen LogP contribution is 2.21. The number of ether oxygens (including phenoxy) is 1. The van der Waals surface area contributed by atoms with Crippen LogP contribution in [-0.4, -0.2) is 62.9 Å². The lowest BCUT2D eigenvalue weighted by Gasteiger charge is -2.36. The average Bonchev–Trinajstić information content (AvgIpc) is 2.56. The van der Waals surface area contributed by atoms with Gasteiger partial charge in [0, 0.05) is 50.5 Å². The lowest BCUT2D eigenvalue weighted by atomic mass is 10.0. The Bertz CT molecular complexity index is 485. The second kappa shape index (κ2) is 8.08. The van der Waals surface area contributed by atoms with Crippen LogP contribution in [0.1, 0.15) is 19.8 Å². The molecule has 23 heavy (non-hydrogen) atoms. The Morgan fingerprint density at radius 2 is 1.96 bits per heavy atom. The van der Waals surface area contributed by atoms with E-state index >= 15 is 0 Å². The molecular weight excluding hydrogens is 293 g/mol. The summed E-state index contributed by atoms with van der Waals surface area (Å²) in [6.07, 6.45) is 2.23. The number of nitrogens with one attached hydrogen (secondary N) is 1. The number of hydrogen-bond donors (Lipinski definition) is 1. The van der Waals surface area contributed by atoms with Gasteiger partial charge in [0.25, 0.3) is 0 Å². The van der Waals surface area contributed by atoms with E-state index in [1.54, 1.807) is 12.1 Å². The first-order valence-corrected chi connectivity index (χ1v) is 8.77. The summed E-state index contributed by atoms with van der Waals surface area (Å²) >= 11 is 0. The van der Waals surface area contributed by atoms with Gasteiger partial charge in [-0.15, -0.1) is 0 Å². The van der Waals surface area contributed by atoms with E-state index < -0.39 is 0 Å². The van der Waals surface area contributed by atoms with Gasteiger partial charge in [-0.2, -0.15) is 0 Å². The van der Waals surface area contributed by atoms with Crippen LogP contribution in [0.4, 0.5) is 10.1 Å². The molecular formula is C18H28FN3O. The molecule has 5 heteroatoms. The number of benzene rings is 1. The Morgan fingerprint density at radius 3 is 2.65 bits per heavy atom. The van der Waals surface area contributed by atoms with Gasteiger partial charge in [-0.1, -0.05) is 6.07 Å². The minimum atomic E-state index is -0.151. The standard InChI is InChI=1S/C18H28FN3O/c1-15(14-21-9-11-23-12-10-21)20-17-5-7-22(8-6-17)18-4-2-3-16(19)13-18/h2-4,13,15,17,20H,5-12,14H2,1H3. The lowest BCUT2D eigenvalue weighted by Crippen LogP contribution is -2.50. The SMILES string of the molecule is CC(CN1CCOCC1)NC1CCN(c2cccc(F)c2)CC1. The molecule has 1 atom stereocenters. The molecule has 0 aromatic heterocycles. The van der Waals surface area contributed by atoms with E-state index in [0.29, 0.717) is 12.1 Å². The van der Waals surface area contributed by atoms with Crippen LogP contribution in [0.25, 0.3) is 0 Å². The molecule has 0 saturated carbocycles. The fourth-order valence-corrected chi connectivity index (χ4v) is 3.60. The molecule has 0 amide bonds. The maximum absolute atomic E-state index is 13.3. The van der Waals surface area contributed by atoms with Crippen LogP contribution in [-0.2, 0) is 4.74 Å². The van der Waals surface area contributed by atoms with Crippen LogP contribution in [0.3, 0.4) is 0 Å². The van der Waals surface area contributed by atoms with Gasteiger partial charge >= 0.3 is 0 Å². The molecule has 1 unspecified atom stereocenters. The Balaban J connectivity index is 1.41. The fourth-order valence-electron chi connectivity index (χ4n) is 3.60. The maximum atomic E-state index is 13.3. The first-order chi connectivity index (χ1) is 11.2. The topological polar surface area (TPSA) is 27.7 Å². The number of hydrogen-bond acceptors (Lipinski definition) is 4. The van der Waals surface area contributed by atoms with E-state index in [1.807, 2.05) is 6.07 Å². The molecule has 1 aromatic carbocycles. The molecule has 2 aliphatic heterocycles. The third-order valence-corrected chi connectivity index (χ3v) is 4.82. The predicted octanol–water partition coefficient (Wildman–Crippen LogP) is 2.10. The molecule has 1 N–H and O–H groups in total. The molecule has 2 fully saturated rings. The van der Waals surface area contributed by atoms with Crippen molar-refractivity contribution in [1.29, 1.82) is 0 Å². The number of piperidine rings is 1. The Kier molecular flexibility index (Phi) is 5.86. The maximum Gasteiger partial charge on any atom is 0.125 e. The van der Waals surface area contributed by atoms with Crippen LogP contribution in [0.2, 0.25) is 0 Å². The Hall–Kier alpha value is -1.17. The number of rotatable bonds is 5. The van der Waals surface area contributed by atoms with Crippen molar-refractivity contribution >= 4 is 5.69 Å². The van der Waals surface area contributed by atoms with E-state index in [9.17, 15) is 4.39 Å². The van der Waals surface area contributed by atoms with Crippen molar-refractivity contribution in [2.24, 2.45) is 0 Å². The highest BCUT2D eigenvalue weighted by atomic mass is 19.1. The lowest BCUT2D eigenvalue weighted by molar-refractivity contribution is 0.0337. The van der Waals surface area contributed by atoms with E-state index in [2.05, 4.69) is 22.0 Å². The summed E-state index contributed by atoms with van der Waals surface area (Å²) in [7, 11) is 0. The summed E-state index contributed by atoms with van der Waals surface area (Å²) in [6, 6.07) is 7.99. The molecule has 0 bridgehead atoms.